The third-order valence-corrected chi connectivity index (χ3v) is 2.79. The highest BCUT2D eigenvalue weighted by Gasteiger charge is 2.29. The molecule has 16 heavy (non-hydrogen) atoms. The van der Waals surface area contributed by atoms with E-state index >= 15 is 0 Å². The van der Waals surface area contributed by atoms with Gasteiger partial charge in [0.05, 0.1) is 18.3 Å². The van der Waals surface area contributed by atoms with Gasteiger partial charge in [0.25, 0.3) is 5.91 Å². The molecule has 0 saturated carbocycles. The highest BCUT2D eigenvalue weighted by atomic mass is 16.2. The monoisotopic (exact) mass is 214 g/mol. The van der Waals surface area contributed by atoms with E-state index in [9.17, 15) is 4.79 Å². The zero-order valence-electron chi connectivity index (χ0n) is 8.79. The van der Waals surface area contributed by atoms with E-state index in [-0.39, 0.29) is 5.91 Å². The van der Waals surface area contributed by atoms with Crippen molar-refractivity contribution in [3.05, 3.63) is 41.9 Å². The lowest BCUT2D eigenvalue weighted by Gasteiger charge is -2.14. The molecule has 0 saturated heterocycles. The van der Waals surface area contributed by atoms with Gasteiger partial charge in [0, 0.05) is 25.5 Å². The molecule has 0 radical (unpaired) electrons. The fourth-order valence-corrected chi connectivity index (χ4v) is 1.96. The van der Waals surface area contributed by atoms with E-state index in [2.05, 4.69) is 10.1 Å². The predicted octanol–water partition coefficient (Wildman–Crippen LogP) is 0.976. The van der Waals surface area contributed by atoms with Crippen molar-refractivity contribution in [3.63, 3.8) is 0 Å². The first-order valence-electron chi connectivity index (χ1n) is 5.00. The molecule has 0 spiro atoms. The number of carbonyl (C=O) groups excluding carboxylic acids is 1. The summed E-state index contributed by atoms with van der Waals surface area (Å²) < 4.78 is 1.69. The maximum Gasteiger partial charge on any atom is 0.261 e. The van der Waals surface area contributed by atoms with Gasteiger partial charge in [0.15, 0.2) is 0 Å². The number of carbonyl (C=O) groups is 1. The Morgan fingerprint density at radius 3 is 2.88 bits per heavy atom. The van der Waals surface area contributed by atoms with Crippen molar-refractivity contribution in [2.75, 3.05) is 4.90 Å². The van der Waals surface area contributed by atoms with E-state index in [1.54, 1.807) is 28.2 Å². The summed E-state index contributed by atoms with van der Waals surface area (Å²) in [4.78, 5) is 17.8. The molecule has 3 rings (SSSR count). The second-order valence-corrected chi connectivity index (χ2v) is 3.74. The Balaban J connectivity index is 2.05. The lowest BCUT2D eigenvalue weighted by molar-refractivity contribution is 0.0995. The van der Waals surface area contributed by atoms with Gasteiger partial charge in [-0.3, -0.25) is 19.4 Å². The molecule has 0 fully saturated rings. The molecule has 3 heterocycles. The number of rotatable bonds is 1. The summed E-state index contributed by atoms with van der Waals surface area (Å²) in [5.41, 5.74) is 1.70. The van der Waals surface area contributed by atoms with E-state index in [1.165, 1.54) is 0 Å². The van der Waals surface area contributed by atoms with E-state index in [0.29, 0.717) is 12.1 Å². The first-order chi connectivity index (χ1) is 7.77. The molecule has 0 N–H and O–H groups in total. The minimum atomic E-state index is -0.00769. The average molecular weight is 214 g/mol. The number of anilines is 1. The first-order valence-corrected chi connectivity index (χ1v) is 5.00. The van der Waals surface area contributed by atoms with Gasteiger partial charge in [0.2, 0.25) is 0 Å². The van der Waals surface area contributed by atoms with Crippen molar-refractivity contribution in [2.24, 2.45) is 7.05 Å². The molecule has 1 amide bonds. The fourth-order valence-electron chi connectivity index (χ4n) is 1.96. The van der Waals surface area contributed by atoms with E-state index in [0.717, 1.165) is 11.4 Å². The Bertz CT molecular complexity index is 561. The summed E-state index contributed by atoms with van der Waals surface area (Å²) in [6.45, 7) is 0.593. The molecule has 5 heteroatoms. The van der Waals surface area contributed by atoms with Gasteiger partial charge < -0.3 is 0 Å². The smallest absolute Gasteiger partial charge is 0.261 e. The van der Waals surface area contributed by atoms with Crippen LogP contribution < -0.4 is 4.90 Å². The highest BCUT2D eigenvalue weighted by Crippen LogP contribution is 2.26. The van der Waals surface area contributed by atoms with Crippen molar-refractivity contribution in [3.8, 4) is 0 Å². The second kappa shape index (κ2) is 3.16. The zero-order valence-corrected chi connectivity index (χ0v) is 8.79. The molecule has 5 nitrogen and oxygen atoms in total. The lowest BCUT2D eigenvalue weighted by Crippen LogP contribution is -2.25. The number of pyridine rings is 1. The van der Waals surface area contributed by atoms with Crippen LogP contribution in [0.2, 0.25) is 0 Å². The molecule has 0 atom stereocenters. The van der Waals surface area contributed by atoms with Crippen LogP contribution in [0.5, 0.6) is 0 Å². The number of amides is 1. The van der Waals surface area contributed by atoms with Crippen LogP contribution in [0.3, 0.4) is 0 Å². The van der Waals surface area contributed by atoms with Crippen LogP contribution >= 0.6 is 0 Å². The summed E-state index contributed by atoms with van der Waals surface area (Å²) in [6, 6.07) is 3.71. The zero-order chi connectivity index (χ0) is 11.1. The SMILES string of the molecule is Cn1nccc1N1Cc2ccncc2C1=O. The average Bonchev–Trinajstić information content (AvgIpc) is 2.84. The molecule has 1 aliphatic heterocycles. The Kier molecular flexibility index (Phi) is 1.80. The largest absolute Gasteiger partial charge is 0.288 e. The molecular formula is C11H10N4O. The molecule has 0 unspecified atom stereocenters. The van der Waals surface area contributed by atoms with Gasteiger partial charge in [-0.2, -0.15) is 5.10 Å². The van der Waals surface area contributed by atoms with Crippen molar-refractivity contribution in [1.29, 1.82) is 0 Å². The summed E-state index contributed by atoms with van der Waals surface area (Å²) >= 11 is 0. The maximum absolute atomic E-state index is 12.1. The molecule has 80 valence electrons. The van der Waals surface area contributed by atoms with E-state index in [1.807, 2.05) is 19.2 Å². The standard InChI is InChI=1S/C11H10N4O/c1-14-10(3-5-13-14)15-7-8-2-4-12-6-9(8)11(15)16/h2-6H,7H2,1H3. The third-order valence-electron chi connectivity index (χ3n) is 2.79. The van der Waals surface area contributed by atoms with Crippen LogP contribution in [-0.2, 0) is 13.6 Å². The van der Waals surface area contributed by atoms with Gasteiger partial charge >= 0.3 is 0 Å². The second-order valence-electron chi connectivity index (χ2n) is 3.74. The number of aromatic nitrogens is 3. The summed E-state index contributed by atoms with van der Waals surface area (Å²) in [5, 5.41) is 4.07. The van der Waals surface area contributed by atoms with Gasteiger partial charge in [-0.25, -0.2) is 0 Å². The van der Waals surface area contributed by atoms with Crippen molar-refractivity contribution < 1.29 is 4.79 Å². The lowest BCUT2D eigenvalue weighted by atomic mass is 10.2. The number of fused-ring (bicyclic) bond motifs is 1. The molecular weight excluding hydrogens is 204 g/mol. The van der Waals surface area contributed by atoms with Crippen molar-refractivity contribution in [2.45, 2.75) is 6.54 Å². The molecule has 0 aliphatic carbocycles. The van der Waals surface area contributed by atoms with Crippen LogP contribution in [0.4, 0.5) is 5.82 Å². The van der Waals surface area contributed by atoms with E-state index in [4.69, 9.17) is 0 Å². The fraction of sp³-hybridized carbons (Fsp3) is 0.182. The minimum absolute atomic E-state index is 0.00769. The third kappa shape index (κ3) is 1.14. The van der Waals surface area contributed by atoms with Gasteiger partial charge in [-0.05, 0) is 11.6 Å². The summed E-state index contributed by atoms with van der Waals surface area (Å²) in [6.07, 6.45) is 5.01. The van der Waals surface area contributed by atoms with Crippen LogP contribution in [-0.4, -0.2) is 20.7 Å². The van der Waals surface area contributed by atoms with Crippen molar-refractivity contribution in [1.82, 2.24) is 14.8 Å². The topological polar surface area (TPSA) is 51.0 Å². The molecule has 2 aromatic heterocycles. The number of nitrogens with zero attached hydrogens (tertiary/aromatic N) is 4. The molecule has 2 aromatic rings. The van der Waals surface area contributed by atoms with E-state index < -0.39 is 0 Å². The molecule has 0 bridgehead atoms. The highest BCUT2D eigenvalue weighted by molar-refractivity contribution is 6.09. The van der Waals surface area contributed by atoms with Gasteiger partial charge in [-0.15, -0.1) is 0 Å². The quantitative estimate of drug-likeness (QED) is 0.711. The first kappa shape index (κ1) is 9.08. The van der Waals surface area contributed by atoms with Crippen LogP contribution in [0.1, 0.15) is 15.9 Å². The van der Waals surface area contributed by atoms with Gasteiger partial charge in [0.1, 0.15) is 5.82 Å². The normalized spacial score (nSPS) is 14.3. The summed E-state index contributed by atoms with van der Waals surface area (Å²) in [7, 11) is 1.82. The Hall–Kier alpha value is -2.17. The predicted molar refractivity (Wildman–Crippen MR) is 58.0 cm³/mol. The van der Waals surface area contributed by atoms with Crippen LogP contribution in [0, 0.1) is 0 Å². The van der Waals surface area contributed by atoms with Gasteiger partial charge in [-0.1, -0.05) is 0 Å². The maximum atomic E-state index is 12.1. The Morgan fingerprint density at radius 2 is 2.19 bits per heavy atom. The number of hydrogen-bond donors (Lipinski definition) is 0. The molecule has 0 aromatic carbocycles. The summed E-state index contributed by atoms with van der Waals surface area (Å²) in [5.74, 6) is 0.799. The van der Waals surface area contributed by atoms with Crippen LogP contribution in [0.15, 0.2) is 30.7 Å². The Labute approximate surface area is 92.3 Å². The number of hydrogen-bond acceptors (Lipinski definition) is 3. The minimum Gasteiger partial charge on any atom is -0.288 e. The van der Waals surface area contributed by atoms with Crippen LogP contribution in [0.25, 0.3) is 0 Å². The van der Waals surface area contributed by atoms with Crippen molar-refractivity contribution >= 4 is 11.7 Å². The number of aryl methyl sites for hydroxylation is 1. The Morgan fingerprint density at radius 1 is 1.31 bits per heavy atom. The molecule has 1 aliphatic rings.